The molecule has 1 aromatic rings. The molecule has 8 heteroatoms. The molecule has 1 saturated heterocycles. The van der Waals surface area contributed by atoms with Gasteiger partial charge in [0.1, 0.15) is 0 Å². The Morgan fingerprint density at radius 1 is 1.09 bits per heavy atom. The van der Waals surface area contributed by atoms with E-state index >= 15 is 0 Å². The molecule has 5 nitrogen and oxygen atoms in total. The zero-order valence-corrected chi connectivity index (χ0v) is 14.1. The molecule has 0 aliphatic carbocycles. The van der Waals surface area contributed by atoms with E-state index in [0.29, 0.717) is 48.3 Å². The largest absolute Gasteiger partial charge is 0.481 e. The van der Waals surface area contributed by atoms with Gasteiger partial charge in [0.15, 0.2) is 0 Å². The molecule has 0 aromatic heterocycles. The zero-order chi connectivity index (χ0) is 15.4. The minimum Gasteiger partial charge on any atom is -0.481 e. The summed E-state index contributed by atoms with van der Waals surface area (Å²) in [5.41, 5.74) is 0.517. The lowest BCUT2D eigenvalue weighted by Crippen LogP contribution is -2.49. The predicted molar refractivity (Wildman–Crippen MR) is 88.3 cm³/mol. The molecule has 1 amide bonds. The van der Waals surface area contributed by atoms with Crippen LogP contribution >= 0.6 is 35.6 Å². The van der Waals surface area contributed by atoms with E-state index in [2.05, 4.69) is 0 Å². The maximum Gasteiger partial charge on any atom is 0.304 e. The molecule has 1 heterocycles. The summed E-state index contributed by atoms with van der Waals surface area (Å²) >= 11 is 11.8. The number of rotatable bonds is 4. The van der Waals surface area contributed by atoms with Gasteiger partial charge in [-0.25, -0.2) is 0 Å². The third kappa shape index (κ3) is 5.02. The Hall–Kier alpha value is -1.01. The van der Waals surface area contributed by atoms with Crippen molar-refractivity contribution in [3.63, 3.8) is 0 Å². The number of carboxylic acids is 1. The smallest absolute Gasteiger partial charge is 0.304 e. The van der Waals surface area contributed by atoms with Gasteiger partial charge >= 0.3 is 5.97 Å². The number of hydrogen-bond acceptors (Lipinski definition) is 3. The van der Waals surface area contributed by atoms with Crippen molar-refractivity contribution >= 4 is 47.5 Å². The van der Waals surface area contributed by atoms with Gasteiger partial charge in [0.2, 0.25) is 0 Å². The van der Waals surface area contributed by atoms with Crippen LogP contribution in [0.25, 0.3) is 0 Å². The van der Waals surface area contributed by atoms with Crippen LogP contribution in [0.3, 0.4) is 0 Å². The SMILES string of the molecule is Cl.O=C(O)CCN1CCN(C(=O)c2ccc(Cl)c(Cl)c2)CC1. The molecule has 2 rings (SSSR count). The van der Waals surface area contributed by atoms with Crippen molar-refractivity contribution in [2.45, 2.75) is 6.42 Å². The van der Waals surface area contributed by atoms with Crippen molar-refractivity contribution in [2.75, 3.05) is 32.7 Å². The van der Waals surface area contributed by atoms with Gasteiger partial charge in [-0.15, -0.1) is 12.4 Å². The molecular formula is C14H17Cl3N2O3. The van der Waals surface area contributed by atoms with Crippen LogP contribution in [0, 0.1) is 0 Å². The van der Waals surface area contributed by atoms with Crippen molar-refractivity contribution in [2.24, 2.45) is 0 Å². The second-order valence-electron chi connectivity index (χ2n) is 4.91. The Kier molecular flexibility index (Phi) is 7.42. The maximum atomic E-state index is 12.3. The molecular weight excluding hydrogens is 351 g/mol. The standard InChI is InChI=1S/C14H16Cl2N2O3.ClH/c15-11-2-1-10(9-12(11)16)14(21)18-7-5-17(6-8-18)4-3-13(19)20;/h1-2,9H,3-8H2,(H,19,20);1H. The molecule has 1 aromatic carbocycles. The van der Waals surface area contributed by atoms with Gasteiger partial charge in [0.25, 0.3) is 5.91 Å². The molecule has 1 aliphatic heterocycles. The highest BCUT2D eigenvalue weighted by atomic mass is 35.5. The summed E-state index contributed by atoms with van der Waals surface area (Å²) in [6.45, 7) is 3.04. The van der Waals surface area contributed by atoms with Gasteiger partial charge in [0, 0.05) is 38.3 Å². The van der Waals surface area contributed by atoms with E-state index in [1.54, 1.807) is 23.1 Å². The van der Waals surface area contributed by atoms with Crippen molar-refractivity contribution in [1.29, 1.82) is 0 Å². The Balaban J connectivity index is 0.00000242. The minimum atomic E-state index is -0.802. The van der Waals surface area contributed by atoms with Gasteiger partial charge in [-0.3, -0.25) is 14.5 Å². The molecule has 0 radical (unpaired) electrons. The number of piperazine rings is 1. The van der Waals surface area contributed by atoms with E-state index < -0.39 is 5.97 Å². The summed E-state index contributed by atoms with van der Waals surface area (Å²) in [6.07, 6.45) is 0.126. The van der Waals surface area contributed by atoms with Crippen LogP contribution < -0.4 is 0 Å². The Bertz CT molecular complexity index is 546. The molecule has 0 unspecified atom stereocenters. The Labute approximate surface area is 145 Å². The Morgan fingerprint density at radius 2 is 1.73 bits per heavy atom. The molecule has 0 saturated carbocycles. The van der Waals surface area contributed by atoms with Crippen LogP contribution in [0.2, 0.25) is 10.0 Å². The molecule has 1 aliphatic rings. The van der Waals surface area contributed by atoms with E-state index in [-0.39, 0.29) is 24.7 Å². The summed E-state index contributed by atoms with van der Waals surface area (Å²) in [5, 5.41) is 9.45. The van der Waals surface area contributed by atoms with Crippen molar-refractivity contribution < 1.29 is 14.7 Å². The van der Waals surface area contributed by atoms with Crippen molar-refractivity contribution in [3.05, 3.63) is 33.8 Å². The minimum absolute atomic E-state index is 0. The number of carboxylic acid groups (broad SMARTS) is 1. The van der Waals surface area contributed by atoms with Gasteiger partial charge in [0.05, 0.1) is 16.5 Å². The number of carbonyl (C=O) groups excluding carboxylic acids is 1. The number of hydrogen-bond donors (Lipinski definition) is 1. The van der Waals surface area contributed by atoms with Gasteiger partial charge in [-0.1, -0.05) is 23.2 Å². The third-order valence-corrected chi connectivity index (χ3v) is 4.21. The second-order valence-corrected chi connectivity index (χ2v) is 5.72. The molecule has 122 valence electrons. The lowest BCUT2D eigenvalue weighted by molar-refractivity contribution is -0.137. The lowest BCUT2D eigenvalue weighted by atomic mass is 10.2. The molecule has 0 atom stereocenters. The summed E-state index contributed by atoms with van der Waals surface area (Å²) in [7, 11) is 0. The first-order chi connectivity index (χ1) is 9.97. The number of nitrogens with zero attached hydrogens (tertiary/aromatic N) is 2. The first-order valence-electron chi connectivity index (χ1n) is 6.66. The number of aliphatic carboxylic acids is 1. The quantitative estimate of drug-likeness (QED) is 0.889. The maximum absolute atomic E-state index is 12.3. The van der Waals surface area contributed by atoms with E-state index in [1.807, 2.05) is 4.90 Å². The van der Waals surface area contributed by atoms with Crippen LogP contribution in [0.5, 0.6) is 0 Å². The molecule has 0 bridgehead atoms. The van der Waals surface area contributed by atoms with E-state index in [4.69, 9.17) is 28.3 Å². The van der Waals surface area contributed by atoms with E-state index in [9.17, 15) is 9.59 Å². The van der Waals surface area contributed by atoms with Crippen LogP contribution in [0.15, 0.2) is 18.2 Å². The van der Waals surface area contributed by atoms with Crippen LogP contribution in [-0.4, -0.2) is 59.5 Å². The molecule has 0 spiro atoms. The number of benzene rings is 1. The second kappa shape index (κ2) is 8.58. The molecule has 22 heavy (non-hydrogen) atoms. The summed E-state index contributed by atoms with van der Waals surface area (Å²) in [6, 6.07) is 4.84. The first-order valence-corrected chi connectivity index (χ1v) is 7.41. The fourth-order valence-electron chi connectivity index (χ4n) is 2.24. The van der Waals surface area contributed by atoms with Gasteiger partial charge in [-0.2, -0.15) is 0 Å². The first kappa shape index (κ1) is 19.0. The number of halogens is 3. The van der Waals surface area contributed by atoms with Crippen LogP contribution in [0.4, 0.5) is 0 Å². The fourth-order valence-corrected chi connectivity index (χ4v) is 2.54. The zero-order valence-electron chi connectivity index (χ0n) is 11.8. The normalized spacial score (nSPS) is 15.3. The van der Waals surface area contributed by atoms with Crippen molar-refractivity contribution in [1.82, 2.24) is 9.80 Å². The summed E-state index contributed by atoms with van der Waals surface area (Å²) in [5.74, 6) is -0.879. The summed E-state index contributed by atoms with van der Waals surface area (Å²) < 4.78 is 0. The molecule has 1 fully saturated rings. The van der Waals surface area contributed by atoms with Crippen LogP contribution in [-0.2, 0) is 4.79 Å². The van der Waals surface area contributed by atoms with E-state index in [1.165, 1.54) is 0 Å². The highest BCUT2D eigenvalue weighted by molar-refractivity contribution is 6.42. The monoisotopic (exact) mass is 366 g/mol. The lowest BCUT2D eigenvalue weighted by Gasteiger charge is -2.34. The highest BCUT2D eigenvalue weighted by Gasteiger charge is 2.22. The topological polar surface area (TPSA) is 60.9 Å². The molecule has 1 N–H and O–H groups in total. The van der Waals surface area contributed by atoms with Gasteiger partial charge in [-0.05, 0) is 18.2 Å². The highest BCUT2D eigenvalue weighted by Crippen LogP contribution is 2.23. The Morgan fingerprint density at radius 3 is 2.27 bits per heavy atom. The van der Waals surface area contributed by atoms with Gasteiger partial charge < -0.3 is 10.0 Å². The average Bonchev–Trinajstić information content (AvgIpc) is 2.48. The van der Waals surface area contributed by atoms with Crippen LogP contribution in [0.1, 0.15) is 16.8 Å². The average molecular weight is 368 g/mol. The predicted octanol–water partition coefficient (Wildman–Crippen LogP) is 2.65. The number of carbonyl (C=O) groups is 2. The summed E-state index contributed by atoms with van der Waals surface area (Å²) in [4.78, 5) is 26.7. The number of amides is 1. The van der Waals surface area contributed by atoms with E-state index in [0.717, 1.165) is 0 Å². The third-order valence-electron chi connectivity index (χ3n) is 3.47. The van der Waals surface area contributed by atoms with Crippen molar-refractivity contribution in [3.8, 4) is 0 Å². The fraction of sp³-hybridized carbons (Fsp3) is 0.429.